The largest absolute Gasteiger partial charge is 0.459 e. The van der Waals surface area contributed by atoms with Crippen LogP contribution in [0.1, 0.15) is 21.9 Å². The predicted octanol–water partition coefficient (Wildman–Crippen LogP) is 1.34. The lowest BCUT2D eigenvalue weighted by Gasteiger charge is -1.99. The van der Waals surface area contributed by atoms with Crippen molar-refractivity contribution in [1.82, 2.24) is 14.8 Å². The summed E-state index contributed by atoms with van der Waals surface area (Å²) in [6, 6.07) is 1.74. The molecule has 0 aliphatic carbocycles. The average Bonchev–Trinajstić information content (AvgIpc) is 2.94. The van der Waals surface area contributed by atoms with Crippen LogP contribution in [0.3, 0.4) is 0 Å². The van der Waals surface area contributed by atoms with Crippen molar-refractivity contribution in [1.29, 1.82) is 0 Å². The van der Waals surface area contributed by atoms with Gasteiger partial charge in [-0.2, -0.15) is 4.37 Å². The fraction of sp³-hybridized carbons (Fsp3) is 0.222. The average molecular weight is 270 g/mol. The molecule has 6 nitrogen and oxygen atoms in total. The van der Waals surface area contributed by atoms with Gasteiger partial charge in [0.15, 0.2) is 10.1 Å². The van der Waals surface area contributed by atoms with Gasteiger partial charge in [0.2, 0.25) is 0 Å². The van der Waals surface area contributed by atoms with Crippen LogP contribution in [-0.2, 0) is 5.75 Å². The van der Waals surface area contributed by atoms with Crippen LogP contribution in [0.25, 0.3) is 0 Å². The monoisotopic (exact) mass is 270 g/mol. The topological polar surface area (TPSA) is 94.0 Å². The van der Waals surface area contributed by atoms with Gasteiger partial charge in [0.25, 0.3) is 0 Å². The molecule has 2 aromatic heterocycles. The Bertz CT molecular complexity index is 523. The highest BCUT2D eigenvalue weighted by Gasteiger charge is 2.14. The Hall–Kier alpha value is -1.38. The maximum Gasteiger partial charge on any atom is 0.301 e. The van der Waals surface area contributed by atoms with E-state index in [0.29, 0.717) is 5.75 Å². The van der Waals surface area contributed by atoms with Crippen molar-refractivity contribution in [2.45, 2.75) is 17.0 Å². The van der Waals surface area contributed by atoms with E-state index < -0.39 is 5.91 Å². The van der Waals surface area contributed by atoms with Gasteiger partial charge in [-0.15, -0.1) is 0 Å². The zero-order valence-corrected chi connectivity index (χ0v) is 10.6. The molecular weight excluding hydrogens is 260 g/mol. The first-order chi connectivity index (χ1) is 8.20. The molecule has 0 atom stereocenters. The van der Waals surface area contributed by atoms with Crippen LogP contribution in [0.4, 0.5) is 0 Å². The van der Waals surface area contributed by atoms with Gasteiger partial charge >= 0.3 is 5.91 Å². The second kappa shape index (κ2) is 5.30. The number of nitrogens with two attached hydrogens (primary N) is 1. The standard InChI is InChI=1S/C9H10N4O2S2/c1-5-11-9(17-13-5)16-4-6-2-3-15-7(6)8(14)12-10/h2-3H,4,10H2,1H3,(H,12,14). The molecule has 0 radical (unpaired) electrons. The number of hydrogen-bond donors (Lipinski definition) is 2. The van der Waals surface area contributed by atoms with E-state index in [2.05, 4.69) is 9.36 Å². The number of thioether (sulfide) groups is 1. The molecule has 0 aromatic carbocycles. The lowest BCUT2D eigenvalue weighted by atomic mass is 10.3. The Labute approximate surface area is 106 Å². The number of hydrazine groups is 1. The zero-order valence-electron chi connectivity index (χ0n) is 8.97. The van der Waals surface area contributed by atoms with Crippen molar-refractivity contribution in [3.8, 4) is 0 Å². The molecule has 8 heteroatoms. The summed E-state index contributed by atoms with van der Waals surface area (Å²) in [5.41, 5.74) is 2.83. The third kappa shape index (κ3) is 2.84. The summed E-state index contributed by atoms with van der Waals surface area (Å²) in [5, 5.41) is 0. The number of carbonyl (C=O) groups is 1. The SMILES string of the molecule is Cc1nsc(SCc2ccoc2C(=O)NN)n1. The van der Waals surface area contributed by atoms with Crippen molar-refractivity contribution >= 4 is 29.2 Å². The first-order valence-electron chi connectivity index (χ1n) is 4.71. The molecule has 0 saturated heterocycles. The van der Waals surface area contributed by atoms with E-state index in [1.807, 2.05) is 12.3 Å². The number of carbonyl (C=O) groups excluding carboxylic acids is 1. The number of aromatic nitrogens is 2. The van der Waals surface area contributed by atoms with Gasteiger partial charge < -0.3 is 4.42 Å². The Morgan fingerprint density at radius 1 is 1.71 bits per heavy atom. The van der Waals surface area contributed by atoms with Crippen molar-refractivity contribution in [2.24, 2.45) is 5.84 Å². The van der Waals surface area contributed by atoms with Crippen LogP contribution < -0.4 is 11.3 Å². The molecule has 0 aliphatic heterocycles. The number of nitrogens with zero attached hydrogens (tertiary/aromatic N) is 2. The van der Waals surface area contributed by atoms with Gasteiger partial charge in [-0.25, -0.2) is 10.8 Å². The van der Waals surface area contributed by atoms with E-state index in [1.165, 1.54) is 29.6 Å². The quantitative estimate of drug-likeness (QED) is 0.377. The first-order valence-corrected chi connectivity index (χ1v) is 6.47. The summed E-state index contributed by atoms with van der Waals surface area (Å²) in [7, 11) is 0. The summed E-state index contributed by atoms with van der Waals surface area (Å²) < 4.78 is 10.0. The zero-order chi connectivity index (χ0) is 12.3. The fourth-order valence-electron chi connectivity index (χ4n) is 1.19. The van der Waals surface area contributed by atoms with Gasteiger partial charge in [0.05, 0.1) is 6.26 Å². The smallest absolute Gasteiger partial charge is 0.301 e. The number of nitrogen functional groups attached to an aromatic ring is 1. The van der Waals surface area contributed by atoms with E-state index >= 15 is 0 Å². The Morgan fingerprint density at radius 2 is 2.53 bits per heavy atom. The normalized spacial score (nSPS) is 10.5. The Kier molecular flexibility index (Phi) is 3.77. The number of hydrogen-bond acceptors (Lipinski definition) is 7. The van der Waals surface area contributed by atoms with Crippen LogP contribution in [0, 0.1) is 6.92 Å². The number of amides is 1. The highest BCUT2D eigenvalue weighted by molar-refractivity contribution is 8.00. The van der Waals surface area contributed by atoms with Crippen molar-refractivity contribution in [2.75, 3.05) is 0 Å². The molecular formula is C9H10N4O2S2. The maximum atomic E-state index is 11.3. The lowest BCUT2D eigenvalue weighted by molar-refractivity contribution is 0.0925. The molecule has 2 rings (SSSR count). The maximum absolute atomic E-state index is 11.3. The summed E-state index contributed by atoms with van der Waals surface area (Å²) in [6.07, 6.45) is 1.46. The molecule has 1 amide bonds. The molecule has 0 aliphatic rings. The van der Waals surface area contributed by atoms with Crippen LogP contribution >= 0.6 is 23.3 Å². The van der Waals surface area contributed by atoms with Crippen LogP contribution in [0.15, 0.2) is 21.1 Å². The summed E-state index contributed by atoms with van der Waals surface area (Å²) in [4.78, 5) is 15.6. The number of aryl methyl sites for hydroxylation is 1. The van der Waals surface area contributed by atoms with Crippen molar-refractivity contribution in [3.05, 3.63) is 29.5 Å². The molecule has 0 unspecified atom stereocenters. The number of nitrogens with one attached hydrogen (secondary N) is 1. The number of rotatable bonds is 4. The van der Waals surface area contributed by atoms with E-state index in [-0.39, 0.29) is 5.76 Å². The van der Waals surface area contributed by atoms with Gasteiger partial charge in [0, 0.05) is 11.3 Å². The minimum Gasteiger partial charge on any atom is -0.459 e. The Balaban J connectivity index is 2.04. The molecule has 0 saturated carbocycles. The summed E-state index contributed by atoms with van der Waals surface area (Å²) >= 11 is 2.84. The molecule has 0 spiro atoms. The minimum absolute atomic E-state index is 0.237. The molecule has 17 heavy (non-hydrogen) atoms. The second-order valence-corrected chi connectivity index (χ2v) is 5.12. The van der Waals surface area contributed by atoms with E-state index in [4.69, 9.17) is 10.3 Å². The number of furan rings is 1. The predicted molar refractivity (Wildman–Crippen MR) is 64.6 cm³/mol. The molecule has 0 bridgehead atoms. The molecule has 3 N–H and O–H groups in total. The molecule has 90 valence electrons. The van der Waals surface area contributed by atoms with Crippen molar-refractivity contribution in [3.63, 3.8) is 0 Å². The minimum atomic E-state index is -0.431. The fourth-order valence-corrected chi connectivity index (χ4v) is 2.82. The third-order valence-corrected chi connectivity index (χ3v) is 3.92. The van der Waals surface area contributed by atoms with Crippen molar-refractivity contribution < 1.29 is 9.21 Å². The highest BCUT2D eigenvalue weighted by atomic mass is 32.2. The highest BCUT2D eigenvalue weighted by Crippen LogP contribution is 2.26. The van der Waals surface area contributed by atoms with Crippen LogP contribution in [-0.4, -0.2) is 15.3 Å². The summed E-state index contributed by atoms with van der Waals surface area (Å²) in [5.74, 6) is 6.21. The lowest BCUT2D eigenvalue weighted by Crippen LogP contribution is -2.30. The first kappa shape index (κ1) is 12.1. The van der Waals surface area contributed by atoms with Crippen LogP contribution in [0.5, 0.6) is 0 Å². The van der Waals surface area contributed by atoms with E-state index in [0.717, 1.165) is 15.7 Å². The molecule has 0 fully saturated rings. The van der Waals surface area contributed by atoms with Gasteiger partial charge in [-0.1, -0.05) is 11.8 Å². The van der Waals surface area contributed by atoms with Gasteiger partial charge in [-0.3, -0.25) is 10.2 Å². The summed E-state index contributed by atoms with van der Waals surface area (Å²) in [6.45, 7) is 1.84. The molecule has 2 heterocycles. The Morgan fingerprint density at radius 3 is 3.18 bits per heavy atom. The van der Waals surface area contributed by atoms with E-state index in [1.54, 1.807) is 6.07 Å². The van der Waals surface area contributed by atoms with Gasteiger partial charge in [0.1, 0.15) is 5.82 Å². The second-order valence-electron chi connectivity index (χ2n) is 3.14. The van der Waals surface area contributed by atoms with Gasteiger partial charge in [-0.05, 0) is 24.5 Å². The third-order valence-electron chi connectivity index (χ3n) is 1.94. The van der Waals surface area contributed by atoms with E-state index in [9.17, 15) is 4.79 Å². The molecule has 2 aromatic rings. The van der Waals surface area contributed by atoms with Crippen LogP contribution in [0.2, 0.25) is 0 Å².